The minimum absolute atomic E-state index is 0.880. The molecular weight excluding hydrogens is 128 g/mol. The molecule has 56 valence electrons. The van der Waals surface area contributed by atoms with Crippen LogP contribution in [0.4, 0.5) is 0 Å². The summed E-state index contributed by atoms with van der Waals surface area (Å²) >= 11 is 0. The van der Waals surface area contributed by atoms with E-state index in [1.54, 1.807) is 0 Å². The second-order valence-corrected chi connectivity index (χ2v) is 2.64. The summed E-state index contributed by atoms with van der Waals surface area (Å²) < 4.78 is 0. The highest BCUT2D eigenvalue weighted by Gasteiger charge is 2.20. The second kappa shape index (κ2) is 2.05. The van der Waals surface area contributed by atoms with E-state index in [4.69, 9.17) is 0 Å². The Morgan fingerprint density at radius 2 is 2.30 bits per heavy atom. The van der Waals surface area contributed by atoms with E-state index in [0.717, 1.165) is 19.9 Å². The van der Waals surface area contributed by atoms with Crippen molar-refractivity contribution < 1.29 is 0 Å². The fourth-order valence-electron chi connectivity index (χ4n) is 1.33. The molecule has 2 aliphatic rings. The molecule has 0 fully saturated rings. The van der Waals surface area contributed by atoms with Crippen LogP contribution in [-0.4, -0.2) is 31.8 Å². The maximum Gasteiger partial charge on any atom is 0.124 e. The van der Waals surface area contributed by atoms with E-state index in [2.05, 4.69) is 27.9 Å². The van der Waals surface area contributed by atoms with Gasteiger partial charge in [0.05, 0.1) is 19.0 Å². The molecule has 0 bridgehead atoms. The van der Waals surface area contributed by atoms with Gasteiger partial charge in [0, 0.05) is 13.6 Å². The lowest BCUT2D eigenvalue weighted by Gasteiger charge is -2.20. The van der Waals surface area contributed by atoms with Crippen molar-refractivity contribution in [1.29, 1.82) is 0 Å². The molecule has 0 aromatic carbocycles. The molecule has 0 spiro atoms. The van der Waals surface area contributed by atoms with Crippen molar-refractivity contribution in [2.45, 2.75) is 0 Å². The molecule has 0 amide bonds. The van der Waals surface area contributed by atoms with Crippen molar-refractivity contribution in [3.05, 3.63) is 11.5 Å². The van der Waals surface area contributed by atoms with Crippen LogP contribution in [0.15, 0.2) is 11.5 Å². The molecule has 2 aliphatic heterocycles. The largest absolute Gasteiger partial charge is 0.367 e. The van der Waals surface area contributed by atoms with Crippen LogP contribution in [0.3, 0.4) is 0 Å². The van der Waals surface area contributed by atoms with Crippen LogP contribution in [-0.2, 0) is 0 Å². The van der Waals surface area contributed by atoms with Crippen molar-refractivity contribution in [2.24, 2.45) is 0 Å². The Kier molecular flexibility index (Phi) is 1.20. The topological polar surface area (TPSA) is 39.3 Å². The lowest BCUT2D eigenvalue weighted by Crippen LogP contribution is -2.39. The van der Waals surface area contributed by atoms with Gasteiger partial charge in [-0.3, -0.25) is 5.32 Å². The summed E-state index contributed by atoms with van der Waals surface area (Å²) in [6.07, 6.45) is 0. The van der Waals surface area contributed by atoms with Crippen molar-refractivity contribution in [2.75, 3.05) is 26.9 Å². The molecule has 3 N–H and O–H groups in total. The maximum atomic E-state index is 3.29. The number of rotatable bonds is 0. The van der Waals surface area contributed by atoms with E-state index in [1.807, 2.05) is 0 Å². The van der Waals surface area contributed by atoms with Gasteiger partial charge in [0.15, 0.2) is 0 Å². The van der Waals surface area contributed by atoms with Crippen LogP contribution < -0.4 is 16.0 Å². The first-order valence-electron chi connectivity index (χ1n) is 3.50. The van der Waals surface area contributed by atoms with Crippen LogP contribution >= 0.6 is 0 Å². The SMILES string of the molecule is CN1CNC2=C1NCNC2. The Labute approximate surface area is 60.3 Å². The first kappa shape index (κ1) is 5.85. The van der Waals surface area contributed by atoms with Gasteiger partial charge in [-0.2, -0.15) is 0 Å². The molecular formula is C6H12N4. The Bertz CT molecular complexity index is 175. The molecule has 0 saturated heterocycles. The summed E-state index contributed by atoms with van der Waals surface area (Å²) in [7, 11) is 2.08. The highest BCUT2D eigenvalue weighted by molar-refractivity contribution is 5.17. The first-order chi connectivity index (χ1) is 4.88. The van der Waals surface area contributed by atoms with E-state index in [-0.39, 0.29) is 0 Å². The van der Waals surface area contributed by atoms with E-state index >= 15 is 0 Å². The van der Waals surface area contributed by atoms with Crippen LogP contribution in [0.1, 0.15) is 0 Å². The van der Waals surface area contributed by atoms with Gasteiger partial charge in [0.25, 0.3) is 0 Å². The quantitative estimate of drug-likeness (QED) is 0.395. The third-order valence-electron chi connectivity index (χ3n) is 1.88. The molecule has 0 unspecified atom stereocenters. The lowest BCUT2D eigenvalue weighted by atomic mass is 10.4. The normalized spacial score (nSPS) is 23.9. The van der Waals surface area contributed by atoms with Crippen molar-refractivity contribution in [1.82, 2.24) is 20.9 Å². The molecule has 0 aliphatic carbocycles. The monoisotopic (exact) mass is 140 g/mol. The molecule has 0 aromatic heterocycles. The zero-order valence-corrected chi connectivity index (χ0v) is 6.07. The van der Waals surface area contributed by atoms with Crippen LogP contribution in [0.25, 0.3) is 0 Å². The highest BCUT2D eigenvalue weighted by Crippen LogP contribution is 2.10. The van der Waals surface area contributed by atoms with Gasteiger partial charge in [-0.15, -0.1) is 0 Å². The predicted molar refractivity (Wildman–Crippen MR) is 38.8 cm³/mol. The summed E-state index contributed by atoms with van der Waals surface area (Å²) in [5.41, 5.74) is 1.29. The average Bonchev–Trinajstić information content (AvgIpc) is 2.34. The smallest absolute Gasteiger partial charge is 0.124 e. The summed E-state index contributed by atoms with van der Waals surface area (Å²) in [4.78, 5) is 2.18. The summed E-state index contributed by atoms with van der Waals surface area (Å²) in [5, 5.41) is 9.77. The third-order valence-corrected chi connectivity index (χ3v) is 1.88. The molecule has 0 saturated carbocycles. The predicted octanol–water partition coefficient (Wildman–Crippen LogP) is -1.20. The van der Waals surface area contributed by atoms with Crippen molar-refractivity contribution >= 4 is 0 Å². The van der Waals surface area contributed by atoms with Crippen molar-refractivity contribution in [3.8, 4) is 0 Å². The average molecular weight is 140 g/mol. The van der Waals surface area contributed by atoms with Gasteiger partial charge in [-0.1, -0.05) is 0 Å². The Morgan fingerprint density at radius 3 is 3.10 bits per heavy atom. The Hall–Kier alpha value is -0.900. The van der Waals surface area contributed by atoms with Gasteiger partial charge in [0.1, 0.15) is 5.82 Å². The molecule has 0 atom stereocenters. The zero-order chi connectivity index (χ0) is 6.97. The molecule has 0 aromatic rings. The maximum absolute atomic E-state index is 3.29. The zero-order valence-electron chi connectivity index (χ0n) is 6.07. The van der Waals surface area contributed by atoms with E-state index < -0.39 is 0 Å². The molecule has 4 heteroatoms. The van der Waals surface area contributed by atoms with E-state index in [0.29, 0.717) is 0 Å². The first-order valence-corrected chi connectivity index (χ1v) is 3.50. The minimum Gasteiger partial charge on any atom is -0.367 e. The van der Waals surface area contributed by atoms with Gasteiger partial charge in [-0.25, -0.2) is 0 Å². The molecule has 10 heavy (non-hydrogen) atoms. The van der Waals surface area contributed by atoms with Gasteiger partial charge < -0.3 is 15.5 Å². The number of nitrogens with zero attached hydrogens (tertiary/aromatic N) is 1. The minimum atomic E-state index is 0.880. The van der Waals surface area contributed by atoms with E-state index in [1.165, 1.54) is 11.5 Å². The molecule has 0 radical (unpaired) electrons. The summed E-state index contributed by atoms with van der Waals surface area (Å²) in [6, 6.07) is 0. The molecule has 2 rings (SSSR count). The van der Waals surface area contributed by atoms with Crippen LogP contribution in [0.2, 0.25) is 0 Å². The molecule has 4 nitrogen and oxygen atoms in total. The summed E-state index contributed by atoms with van der Waals surface area (Å²) in [5.74, 6) is 1.25. The highest BCUT2D eigenvalue weighted by atomic mass is 15.4. The summed E-state index contributed by atoms with van der Waals surface area (Å²) in [6.45, 7) is 2.77. The number of nitrogens with one attached hydrogen (secondary N) is 3. The number of hydrogen-bond donors (Lipinski definition) is 3. The second-order valence-electron chi connectivity index (χ2n) is 2.64. The van der Waals surface area contributed by atoms with E-state index in [9.17, 15) is 0 Å². The van der Waals surface area contributed by atoms with Crippen LogP contribution in [0.5, 0.6) is 0 Å². The fourth-order valence-corrected chi connectivity index (χ4v) is 1.33. The van der Waals surface area contributed by atoms with Gasteiger partial charge in [0.2, 0.25) is 0 Å². The van der Waals surface area contributed by atoms with Crippen molar-refractivity contribution in [3.63, 3.8) is 0 Å². The standard InChI is InChI=1S/C6H12N4/c1-10-4-9-5-2-7-3-8-6(5)10/h7-9H,2-4H2,1H3. The Morgan fingerprint density at radius 1 is 1.40 bits per heavy atom. The molecule has 2 heterocycles. The Balaban J connectivity index is 2.20. The van der Waals surface area contributed by atoms with Crippen LogP contribution in [0, 0.1) is 0 Å². The van der Waals surface area contributed by atoms with Gasteiger partial charge >= 0.3 is 0 Å². The lowest BCUT2D eigenvalue weighted by molar-refractivity contribution is 0.404. The number of hydrogen-bond acceptors (Lipinski definition) is 4. The fraction of sp³-hybridized carbons (Fsp3) is 0.667. The van der Waals surface area contributed by atoms with Gasteiger partial charge in [-0.05, 0) is 0 Å². The third kappa shape index (κ3) is 0.724.